The predicted molar refractivity (Wildman–Crippen MR) is 83.9 cm³/mol. The van der Waals surface area contributed by atoms with Gasteiger partial charge in [-0.3, -0.25) is 0 Å². The van der Waals surface area contributed by atoms with Gasteiger partial charge in [-0.2, -0.15) is 0 Å². The minimum atomic E-state index is -4.25. The normalized spacial score (nSPS) is 11.7. The van der Waals surface area contributed by atoms with Crippen LogP contribution in [0.15, 0.2) is 21.9 Å². The molecule has 0 atom stereocenters. The van der Waals surface area contributed by atoms with Crippen LogP contribution in [0.25, 0.3) is 0 Å². The third kappa shape index (κ3) is 2.46. The van der Waals surface area contributed by atoms with Gasteiger partial charge >= 0.3 is 0 Å². The monoisotopic (exact) mass is 338 g/mol. The number of phenols is 4. The van der Waals surface area contributed by atoms with Crippen molar-refractivity contribution in [1.29, 1.82) is 0 Å². The van der Waals surface area contributed by atoms with Gasteiger partial charge in [0.25, 0.3) is 0 Å². The third-order valence-corrected chi connectivity index (χ3v) is 5.69. The van der Waals surface area contributed by atoms with E-state index in [9.17, 15) is 28.8 Å². The van der Waals surface area contributed by atoms with Crippen LogP contribution in [0.2, 0.25) is 0 Å². The lowest BCUT2D eigenvalue weighted by molar-refractivity contribution is 0.426. The van der Waals surface area contributed by atoms with Crippen LogP contribution < -0.4 is 0 Å². The number of sulfone groups is 1. The van der Waals surface area contributed by atoms with E-state index in [2.05, 4.69) is 0 Å². The fraction of sp³-hybridized carbons (Fsp3) is 0.250. The molecule has 2 rings (SSSR count). The predicted octanol–water partition coefficient (Wildman–Crippen LogP) is 2.58. The van der Waals surface area contributed by atoms with Crippen LogP contribution in [0.4, 0.5) is 0 Å². The summed E-state index contributed by atoms with van der Waals surface area (Å²) in [7, 11) is -4.25. The minimum absolute atomic E-state index is 0.0373. The zero-order valence-corrected chi connectivity index (χ0v) is 14.0. The standard InChI is InChI=1S/C16H18O6S/c1-7-5-11(15(19)9(3)13(7)17)23(21,22)12-6-8(2)14(18)10(4)16(12)20/h5-6,17-20H,1-4H3. The molecule has 0 unspecified atom stereocenters. The van der Waals surface area contributed by atoms with E-state index >= 15 is 0 Å². The van der Waals surface area contributed by atoms with Crippen LogP contribution in [0.1, 0.15) is 22.3 Å². The van der Waals surface area contributed by atoms with Crippen molar-refractivity contribution >= 4 is 9.84 Å². The molecule has 0 aliphatic heterocycles. The molecule has 0 aliphatic carbocycles. The molecule has 0 aliphatic rings. The lowest BCUT2D eigenvalue weighted by Gasteiger charge is -2.15. The van der Waals surface area contributed by atoms with Crippen molar-refractivity contribution in [3.63, 3.8) is 0 Å². The Balaban J connectivity index is 2.85. The van der Waals surface area contributed by atoms with Gasteiger partial charge < -0.3 is 20.4 Å². The Kier molecular flexibility index (Phi) is 3.94. The largest absolute Gasteiger partial charge is 0.507 e. The Labute approximate surface area is 134 Å². The maximum atomic E-state index is 12.8. The van der Waals surface area contributed by atoms with Crippen molar-refractivity contribution in [2.75, 3.05) is 0 Å². The summed E-state index contributed by atoms with van der Waals surface area (Å²) in [6.07, 6.45) is 0. The molecule has 4 N–H and O–H groups in total. The molecule has 0 spiro atoms. The smallest absolute Gasteiger partial charge is 0.213 e. The summed E-state index contributed by atoms with van der Waals surface area (Å²) in [6, 6.07) is 2.29. The van der Waals surface area contributed by atoms with Crippen LogP contribution in [0.5, 0.6) is 23.0 Å². The van der Waals surface area contributed by atoms with E-state index in [-0.39, 0.29) is 33.8 Å². The number of aromatic hydroxyl groups is 4. The van der Waals surface area contributed by atoms with Crippen LogP contribution in [0.3, 0.4) is 0 Å². The SMILES string of the molecule is Cc1cc(S(=O)(=O)c2cc(C)c(O)c(C)c2O)c(O)c(C)c1O. The summed E-state index contributed by atoms with van der Waals surface area (Å²) >= 11 is 0. The first-order valence-corrected chi connectivity index (χ1v) is 8.27. The van der Waals surface area contributed by atoms with Gasteiger partial charge in [0.1, 0.15) is 32.8 Å². The molecule has 0 fully saturated rings. The molecule has 0 heterocycles. The molecule has 0 bridgehead atoms. The molecule has 2 aromatic rings. The van der Waals surface area contributed by atoms with Gasteiger partial charge in [-0.15, -0.1) is 0 Å². The van der Waals surface area contributed by atoms with Gasteiger partial charge in [0.05, 0.1) is 0 Å². The first kappa shape index (κ1) is 17.0. The highest BCUT2D eigenvalue weighted by molar-refractivity contribution is 7.91. The van der Waals surface area contributed by atoms with Gasteiger partial charge in [-0.05, 0) is 51.0 Å². The van der Waals surface area contributed by atoms with Crippen molar-refractivity contribution in [1.82, 2.24) is 0 Å². The molecule has 23 heavy (non-hydrogen) atoms. The molecule has 0 radical (unpaired) electrons. The molecule has 6 nitrogen and oxygen atoms in total. The van der Waals surface area contributed by atoms with E-state index in [0.29, 0.717) is 0 Å². The fourth-order valence-corrected chi connectivity index (χ4v) is 4.10. The van der Waals surface area contributed by atoms with Gasteiger partial charge in [-0.1, -0.05) is 0 Å². The molecule has 0 saturated heterocycles. The number of hydrogen-bond acceptors (Lipinski definition) is 6. The summed E-state index contributed by atoms with van der Waals surface area (Å²) in [5.41, 5.74) is 0.641. The van der Waals surface area contributed by atoms with Gasteiger partial charge in [0, 0.05) is 11.1 Å². The number of phenolic OH excluding ortho intramolecular Hbond substituents is 4. The third-order valence-electron chi connectivity index (χ3n) is 3.91. The first-order valence-electron chi connectivity index (χ1n) is 6.79. The van der Waals surface area contributed by atoms with Crippen molar-refractivity contribution in [2.24, 2.45) is 0 Å². The molecule has 2 aromatic carbocycles. The van der Waals surface area contributed by atoms with E-state index in [1.807, 2.05) is 0 Å². The quantitative estimate of drug-likeness (QED) is 0.669. The lowest BCUT2D eigenvalue weighted by Crippen LogP contribution is -2.06. The Bertz CT molecular complexity index is 844. The van der Waals surface area contributed by atoms with E-state index in [1.54, 1.807) is 0 Å². The lowest BCUT2D eigenvalue weighted by atomic mass is 10.1. The summed E-state index contributed by atoms with van der Waals surface area (Å²) in [4.78, 5) is -0.824. The summed E-state index contributed by atoms with van der Waals surface area (Å²) in [5.74, 6) is -1.53. The van der Waals surface area contributed by atoms with Crippen LogP contribution in [0, 0.1) is 27.7 Å². The van der Waals surface area contributed by atoms with Crippen molar-refractivity contribution in [3.8, 4) is 23.0 Å². The van der Waals surface area contributed by atoms with Crippen LogP contribution >= 0.6 is 0 Å². The molecule has 0 amide bonds. The molecule has 7 heteroatoms. The highest BCUT2D eigenvalue weighted by Gasteiger charge is 2.29. The van der Waals surface area contributed by atoms with Crippen molar-refractivity contribution in [2.45, 2.75) is 37.5 Å². The maximum absolute atomic E-state index is 12.8. The zero-order valence-electron chi connectivity index (χ0n) is 13.2. The van der Waals surface area contributed by atoms with Gasteiger partial charge in [0.2, 0.25) is 9.84 Å². The van der Waals surface area contributed by atoms with Crippen molar-refractivity contribution < 1.29 is 28.8 Å². The van der Waals surface area contributed by atoms with Gasteiger partial charge in [-0.25, -0.2) is 8.42 Å². The second-order valence-corrected chi connectivity index (χ2v) is 7.42. The first-order chi connectivity index (χ1) is 10.5. The van der Waals surface area contributed by atoms with Gasteiger partial charge in [0.15, 0.2) is 0 Å². The summed E-state index contributed by atoms with van der Waals surface area (Å²) < 4.78 is 25.6. The Morgan fingerprint density at radius 2 is 0.957 bits per heavy atom. The highest BCUT2D eigenvalue weighted by Crippen LogP contribution is 2.42. The molecular formula is C16H18O6S. The Morgan fingerprint density at radius 1 is 0.652 bits per heavy atom. The fourth-order valence-electron chi connectivity index (χ4n) is 2.38. The average molecular weight is 338 g/mol. The zero-order chi connectivity index (χ0) is 17.7. The second-order valence-electron chi connectivity index (χ2n) is 5.53. The van der Waals surface area contributed by atoms with Crippen LogP contribution in [-0.2, 0) is 9.84 Å². The Morgan fingerprint density at radius 3 is 1.26 bits per heavy atom. The molecule has 0 saturated carbocycles. The van der Waals surface area contributed by atoms with E-state index < -0.39 is 31.1 Å². The van der Waals surface area contributed by atoms with E-state index in [0.717, 1.165) is 12.1 Å². The topological polar surface area (TPSA) is 115 Å². The number of hydrogen-bond donors (Lipinski definition) is 4. The van der Waals surface area contributed by atoms with E-state index in [4.69, 9.17) is 0 Å². The molecule has 0 aromatic heterocycles. The number of aryl methyl sites for hydroxylation is 2. The number of rotatable bonds is 2. The Hall–Kier alpha value is -2.41. The minimum Gasteiger partial charge on any atom is -0.507 e. The van der Waals surface area contributed by atoms with Crippen LogP contribution in [-0.4, -0.2) is 28.8 Å². The maximum Gasteiger partial charge on any atom is 0.213 e. The van der Waals surface area contributed by atoms with E-state index in [1.165, 1.54) is 27.7 Å². The second kappa shape index (κ2) is 5.34. The number of benzene rings is 2. The van der Waals surface area contributed by atoms with Crippen molar-refractivity contribution in [3.05, 3.63) is 34.4 Å². The summed E-state index contributed by atoms with van der Waals surface area (Å²) in [6.45, 7) is 5.80. The molecule has 124 valence electrons. The highest BCUT2D eigenvalue weighted by atomic mass is 32.2. The average Bonchev–Trinajstić information content (AvgIpc) is 2.49. The molecular weight excluding hydrogens is 320 g/mol. The summed E-state index contributed by atoms with van der Waals surface area (Å²) in [5, 5.41) is 39.8.